The summed E-state index contributed by atoms with van der Waals surface area (Å²) in [5.41, 5.74) is -0.855. The molecule has 0 aliphatic heterocycles. The van der Waals surface area contributed by atoms with Gasteiger partial charge in [-0.2, -0.15) is 13.2 Å². The van der Waals surface area contributed by atoms with Crippen LogP contribution in [0.3, 0.4) is 0 Å². The lowest BCUT2D eigenvalue weighted by molar-refractivity contribution is -0.136. The lowest BCUT2D eigenvalue weighted by Crippen LogP contribution is -2.07. The second kappa shape index (κ2) is 2.48. The predicted octanol–water partition coefficient (Wildman–Crippen LogP) is 2.15. The van der Waals surface area contributed by atoms with Gasteiger partial charge in [0.25, 0.3) is 0 Å². The van der Waals surface area contributed by atoms with Crippen LogP contribution in [0.1, 0.15) is 5.56 Å². The van der Waals surface area contributed by atoms with Crippen molar-refractivity contribution in [3.8, 4) is 0 Å². The van der Waals surface area contributed by atoms with Crippen molar-refractivity contribution in [2.24, 2.45) is 0 Å². The summed E-state index contributed by atoms with van der Waals surface area (Å²) in [7, 11) is 0. The summed E-state index contributed by atoms with van der Waals surface area (Å²) < 4.78 is 38.2. The van der Waals surface area contributed by atoms with Gasteiger partial charge >= 0.3 is 6.18 Å². The van der Waals surface area contributed by atoms with Gasteiger partial charge in [0.1, 0.15) is 5.65 Å². The van der Waals surface area contributed by atoms with Crippen molar-refractivity contribution >= 4 is 5.65 Å². The number of imidazole rings is 1. The van der Waals surface area contributed by atoms with Crippen LogP contribution in [0.15, 0.2) is 24.7 Å². The second-order valence-electron chi connectivity index (χ2n) is 2.51. The van der Waals surface area contributed by atoms with Crippen LogP contribution in [0.25, 0.3) is 5.65 Å². The van der Waals surface area contributed by atoms with E-state index in [4.69, 9.17) is 0 Å². The van der Waals surface area contributed by atoms with Crippen LogP contribution >= 0.6 is 0 Å². The molecule has 0 bridgehead atoms. The molecule has 2 nitrogen and oxygen atoms in total. The molecule has 67 valence electrons. The van der Waals surface area contributed by atoms with E-state index in [2.05, 4.69) is 11.1 Å². The van der Waals surface area contributed by atoms with Crippen molar-refractivity contribution in [1.29, 1.82) is 0 Å². The zero-order valence-electron chi connectivity index (χ0n) is 6.34. The number of aromatic nitrogens is 2. The Hall–Kier alpha value is -1.52. The average molecular weight is 185 g/mol. The Morgan fingerprint density at radius 3 is 2.85 bits per heavy atom. The minimum atomic E-state index is -4.37. The SMILES string of the molecule is FC(F)(F)c1c[c]cn2ccnc12. The maximum Gasteiger partial charge on any atom is 0.420 e. The van der Waals surface area contributed by atoms with Gasteiger partial charge in [0.05, 0.1) is 5.56 Å². The van der Waals surface area contributed by atoms with Gasteiger partial charge < -0.3 is 4.40 Å². The summed E-state index contributed by atoms with van der Waals surface area (Å²) in [5.74, 6) is 0. The van der Waals surface area contributed by atoms with Crippen LogP contribution in [0.2, 0.25) is 0 Å². The molecule has 0 fully saturated rings. The molecule has 0 saturated carbocycles. The number of hydrogen-bond acceptors (Lipinski definition) is 1. The minimum Gasteiger partial charge on any atom is -0.306 e. The van der Waals surface area contributed by atoms with Gasteiger partial charge in [-0.25, -0.2) is 4.98 Å². The largest absolute Gasteiger partial charge is 0.420 e. The number of alkyl halides is 3. The van der Waals surface area contributed by atoms with E-state index < -0.39 is 11.7 Å². The summed E-state index contributed by atoms with van der Waals surface area (Å²) in [6, 6.07) is 3.29. The average Bonchev–Trinajstić information content (AvgIpc) is 2.48. The number of halogens is 3. The first-order valence-electron chi connectivity index (χ1n) is 3.49. The van der Waals surface area contributed by atoms with Gasteiger partial charge in [-0.05, 0) is 6.07 Å². The normalized spacial score (nSPS) is 12.2. The zero-order chi connectivity index (χ0) is 9.47. The van der Waals surface area contributed by atoms with E-state index in [9.17, 15) is 13.2 Å². The molecule has 0 saturated heterocycles. The number of rotatable bonds is 0. The zero-order valence-corrected chi connectivity index (χ0v) is 6.34. The number of hydrogen-bond donors (Lipinski definition) is 0. The Morgan fingerprint density at radius 1 is 1.38 bits per heavy atom. The van der Waals surface area contributed by atoms with Gasteiger partial charge in [-0.1, -0.05) is 0 Å². The molecule has 1 radical (unpaired) electrons. The van der Waals surface area contributed by atoms with Crippen LogP contribution in [-0.4, -0.2) is 9.38 Å². The first kappa shape index (κ1) is 8.10. The third kappa shape index (κ3) is 1.26. The first-order chi connectivity index (χ1) is 6.09. The molecule has 2 rings (SSSR count). The highest BCUT2D eigenvalue weighted by Crippen LogP contribution is 2.31. The number of nitrogens with zero attached hydrogens (tertiary/aromatic N) is 2. The molecule has 0 N–H and O–H groups in total. The van der Waals surface area contributed by atoms with Crippen LogP contribution in [0.5, 0.6) is 0 Å². The molecule has 5 heteroatoms. The van der Waals surface area contributed by atoms with Crippen molar-refractivity contribution in [3.63, 3.8) is 0 Å². The standard InChI is InChI=1S/C8H4F3N2/c9-8(10,11)6-2-1-4-13-5-3-12-7(6)13/h2-5H. The second-order valence-corrected chi connectivity index (χ2v) is 2.51. The first-order valence-corrected chi connectivity index (χ1v) is 3.49. The van der Waals surface area contributed by atoms with Crippen molar-refractivity contribution < 1.29 is 13.2 Å². The molecule has 2 aromatic heterocycles. The monoisotopic (exact) mass is 185 g/mol. The fourth-order valence-corrected chi connectivity index (χ4v) is 1.10. The van der Waals surface area contributed by atoms with Gasteiger partial charge in [0.15, 0.2) is 0 Å². The van der Waals surface area contributed by atoms with E-state index >= 15 is 0 Å². The Labute approximate surface area is 71.6 Å². The molecule has 0 atom stereocenters. The van der Waals surface area contributed by atoms with E-state index in [-0.39, 0.29) is 5.65 Å². The summed E-state index contributed by atoms with van der Waals surface area (Å²) in [6.07, 6.45) is -0.207. The molecule has 13 heavy (non-hydrogen) atoms. The summed E-state index contributed by atoms with van der Waals surface area (Å²) in [5, 5.41) is 0. The Balaban J connectivity index is 2.75. The molecule has 2 heterocycles. The minimum absolute atomic E-state index is 0.0914. The van der Waals surface area contributed by atoms with Gasteiger partial charge in [0, 0.05) is 24.7 Å². The quantitative estimate of drug-likeness (QED) is 0.614. The van der Waals surface area contributed by atoms with Crippen LogP contribution in [-0.2, 0) is 6.18 Å². The summed E-state index contributed by atoms with van der Waals surface area (Å²) >= 11 is 0. The summed E-state index contributed by atoms with van der Waals surface area (Å²) in [6.45, 7) is 0. The maximum absolute atomic E-state index is 12.3. The van der Waals surface area contributed by atoms with Crippen LogP contribution < -0.4 is 0 Å². The number of pyridine rings is 1. The molecule has 0 spiro atoms. The molecule has 0 aliphatic carbocycles. The number of fused-ring (bicyclic) bond motifs is 1. The molecule has 0 amide bonds. The highest BCUT2D eigenvalue weighted by Gasteiger charge is 2.33. The van der Waals surface area contributed by atoms with Crippen molar-refractivity contribution in [2.75, 3.05) is 0 Å². The fraction of sp³-hybridized carbons (Fsp3) is 0.125. The molecule has 0 unspecified atom stereocenters. The van der Waals surface area contributed by atoms with Crippen molar-refractivity contribution in [2.45, 2.75) is 6.18 Å². The van der Waals surface area contributed by atoms with E-state index in [0.717, 1.165) is 6.07 Å². The maximum atomic E-state index is 12.3. The smallest absolute Gasteiger partial charge is 0.306 e. The Morgan fingerprint density at radius 2 is 2.15 bits per heavy atom. The van der Waals surface area contributed by atoms with Crippen LogP contribution in [0, 0.1) is 6.07 Å². The Kier molecular flexibility index (Phi) is 1.55. The molecule has 0 aliphatic rings. The highest BCUT2D eigenvalue weighted by molar-refractivity contribution is 5.48. The third-order valence-corrected chi connectivity index (χ3v) is 1.66. The van der Waals surface area contributed by atoms with Crippen molar-refractivity contribution in [3.05, 3.63) is 36.3 Å². The van der Waals surface area contributed by atoms with Crippen LogP contribution in [0.4, 0.5) is 13.2 Å². The lowest BCUT2D eigenvalue weighted by atomic mass is 10.2. The van der Waals surface area contributed by atoms with E-state index in [0.29, 0.717) is 0 Å². The lowest BCUT2D eigenvalue weighted by Gasteiger charge is -2.06. The molecule has 0 aromatic carbocycles. The summed E-state index contributed by atoms with van der Waals surface area (Å²) in [4.78, 5) is 3.61. The molecule has 2 aromatic rings. The van der Waals surface area contributed by atoms with E-state index in [1.807, 2.05) is 0 Å². The highest BCUT2D eigenvalue weighted by atomic mass is 19.4. The predicted molar refractivity (Wildman–Crippen MR) is 39.0 cm³/mol. The third-order valence-electron chi connectivity index (χ3n) is 1.66. The molecular weight excluding hydrogens is 181 g/mol. The molecular formula is C8H4F3N2. The van der Waals surface area contributed by atoms with E-state index in [1.165, 1.54) is 23.0 Å². The fourth-order valence-electron chi connectivity index (χ4n) is 1.10. The van der Waals surface area contributed by atoms with Gasteiger partial charge in [-0.3, -0.25) is 0 Å². The topological polar surface area (TPSA) is 17.3 Å². The van der Waals surface area contributed by atoms with Gasteiger partial charge in [0.2, 0.25) is 0 Å². The van der Waals surface area contributed by atoms with Crippen molar-refractivity contribution in [1.82, 2.24) is 9.38 Å². The van der Waals surface area contributed by atoms with Gasteiger partial charge in [-0.15, -0.1) is 0 Å². The van der Waals surface area contributed by atoms with E-state index in [1.54, 1.807) is 0 Å². The Bertz CT molecular complexity index is 430.